The van der Waals surface area contributed by atoms with Crippen molar-refractivity contribution in [1.82, 2.24) is 0 Å². The minimum atomic E-state index is -0.271. The zero-order valence-electron chi connectivity index (χ0n) is 13.4. The molecule has 0 fully saturated rings. The van der Waals surface area contributed by atoms with Crippen molar-refractivity contribution in [2.45, 2.75) is 20.8 Å². The van der Waals surface area contributed by atoms with Gasteiger partial charge in [-0.05, 0) is 37.6 Å². The van der Waals surface area contributed by atoms with E-state index < -0.39 is 0 Å². The van der Waals surface area contributed by atoms with Crippen molar-refractivity contribution in [2.75, 3.05) is 16.8 Å². The Kier molecular flexibility index (Phi) is 5.40. The van der Waals surface area contributed by atoms with Gasteiger partial charge >= 0.3 is 0 Å². The van der Waals surface area contributed by atoms with Crippen LogP contribution in [0.25, 0.3) is 0 Å². The lowest BCUT2D eigenvalue weighted by Gasteiger charge is -2.22. The highest BCUT2D eigenvalue weighted by Crippen LogP contribution is 2.25. The van der Waals surface area contributed by atoms with Gasteiger partial charge in [0.1, 0.15) is 6.54 Å². The van der Waals surface area contributed by atoms with E-state index in [0.717, 1.165) is 16.8 Å². The fraction of sp³-hybridized carbons (Fsp3) is 0.222. The number of benzene rings is 2. The zero-order valence-corrected chi connectivity index (χ0v) is 14.1. The van der Waals surface area contributed by atoms with Crippen LogP contribution in [0.1, 0.15) is 18.1 Å². The number of anilines is 2. The van der Waals surface area contributed by atoms with Gasteiger partial charge in [0.15, 0.2) is 0 Å². The molecule has 2 aromatic carbocycles. The summed E-state index contributed by atoms with van der Waals surface area (Å²) >= 11 is 6.12. The summed E-state index contributed by atoms with van der Waals surface area (Å²) in [5.74, 6) is -0.513. The van der Waals surface area contributed by atoms with E-state index in [1.807, 2.05) is 32.0 Å². The third kappa shape index (κ3) is 4.33. The minimum absolute atomic E-state index is 0.0909. The van der Waals surface area contributed by atoms with E-state index >= 15 is 0 Å². The highest BCUT2D eigenvalue weighted by atomic mass is 35.5. The van der Waals surface area contributed by atoms with Crippen LogP contribution in [0, 0.1) is 13.8 Å². The number of nitrogens with one attached hydrogen (secondary N) is 1. The molecular weight excluding hydrogens is 312 g/mol. The maximum absolute atomic E-state index is 12.3. The SMILES string of the molecule is CC(=O)N(CC(=O)Nc1ccc(C)cc1C)c1ccccc1Cl. The predicted molar refractivity (Wildman–Crippen MR) is 94.0 cm³/mol. The van der Waals surface area contributed by atoms with E-state index in [4.69, 9.17) is 11.6 Å². The van der Waals surface area contributed by atoms with E-state index in [-0.39, 0.29) is 18.4 Å². The molecule has 0 atom stereocenters. The Balaban J connectivity index is 2.16. The zero-order chi connectivity index (χ0) is 17.0. The molecule has 2 amide bonds. The fourth-order valence-corrected chi connectivity index (χ4v) is 2.56. The number of aryl methyl sites for hydroxylation is 2. The van der Waals surface area contributed by atoms with Crippen LogP contribution in [0.4, 0.5) is 11.4 Å². The molecule has 23 heavy (non-hydrogen) atoms. The number of carbonyl (C=O) groups is 2. The summed E-state index contributed by atoms with van der Waals surface area (Å²) in [6.45, 7) is 5.24. The number of hydrogen-bond donors (Lipinski definition) is 1. The Bertz CT molecular complexity index is 744. The number of halogens is 1. The maximum Gasteiger partial charge on any atom is 0.244 e. The fourth-order valence-electron chi connectivity index (χ4n) is 2.32. The molecule has 0 aliphatic carbocycles. The van der Waals surface area contributed by atoms with E-state index in [1.165, 1.54) is 11.8 Å². The lowest BCUT2D eigenvalue weighted by Crippen LogP contribution is -2.37. The summed E-state index contributed by atoms with van der Waals surface area (Å²) in [6.07, 6.45) is 0. The van der Waals surface area contributed by atoms with Crippen molar-refractivity contribution in [3.05, 3.63) is 58.6 Å². The third-order valence-corrected chi connectivity index (χ3v) is 3.80. The summed E-state index contributed by atoms with van der Waals surface area (Å²) in [5.41, 5.74) is 3.37. The van der Waals surface area contributed by atoms with E-state index in [1.54, 1.807) is 24.3 Å². The van der Waals surface area contributed by atoms with Crippen LogP contribution in [-0.2, 0) is 9.59 Å². The molecule has 0 aliphatic heterocycles. The lowest BCUT2D eigenvalue weighted by molar-refractivity contribution is -0.120. The molecule has 0 radical (unpaired) electrons. The molecule has 0 aromatic heterocycles. The van der Waals surface area contributed by atoms with Gasteiger partial charge in [-0.15, -0.1) is 0 Å². The van der Waals surface area contributed by atoms with Gasteiger partial charge in [-0.25, -0.2) is 0 Å². The Morgan fingerprint density at radius 2 is 1.83 bits per heavy atom. The van der Waals surface area contributed by atoms with Crippen molar-refractivity contribution >= 4 is 34.8 Å². The first kappa shape index (κ1) is 17.0. The number of amides is 2. The normalized spacial score (nSPS) is 10.3. The molecule has 0 heterocycles. The van der Waals surface area contributed by atoms with Crippen molar-refractivity contribution in [1.29, 1.82) is 0 Å². The molecule has 0 unspecified atom stereocenters. The molecule has 120 valence electrons. The summed E-state index contributed by atoms with van der Waals surface area (Å²) in [5, 5.41) is 3.27. The van der Waals surface area contributed by atoms with E-state index in [9.17, 15) is 9.59 Å². The molecule has 0 saturated heterocycles. The highest BCUT2D eigenvalue weighted by Gasteiger charge is 2.18. The summed E-state index contributed by atoms with van der Waals surface area (Å²) in [6, 6.07) is 12.7. The van der Waals surface area contributed by atoms with Crippen LogP contribution in [-0.4, -0.2) is 18.4 Å². The molecule has 1 N–H and O–H groups in total. The Morgan fingerprint density at radius 3 is 2.43 bits per heavy atom. The Morgan fingerprint density at radius 1 is 1.13 bits per heavy atom. The molecular formula is C18H19ClN2O2. The van der Waals surface area contributed by atoms with Crippen LogP contribution in [0.3, 0.4) is 0 Å². The van der Waals surface area contributed by atoms with Crippen molar-refractivity contribution in [3.8, 4) is 0 Å². The Labute approximate surface area is 141 Å². The maximum atomic E-state index is 12.3. The molecule has 4 nitrogen and oxygen atoms in total. The molecule has 0 bridgehead atoms. The van der Waals surface area contributed by atoms with Gasteiger partial charge in [0.25, 0.3) is 0 Å². The number of para-hydroxylation sites is 1. The van der Waals surface area contributed by atoms with Gasteiger partial charge < -0.3 is 10.2 Å². The average molecular weight is 331 g/mol. The largest absolute Gasteiger partial charge is 0.324 e. The first-order chi connectivity index (χ1) is 10.9. The summed E-state index contributed by atoms with van der Waals surface area (Å²) in [7, 11) is 0. The first-order valence-corrected chi connectivity index (χ1v) is 7.66. The van der Waals surface area contributed by atoms with Crippen LogP contribution in [0.2, 0.25) is 5.02 Å². The standard InChI is InChI=1S/C18H19ClN2O2/c1-12-8-9-16(13(2)10-12)20-18(23)11-21(14(3)22)17-7-5-4-6-15(17)19/h4-10H,11H2,1-3H3,(H,20,23). The topological polar surface area (TPSA) is 49.4 Å². The molecule has 2 aromatic rings. The van der Waals surface area contributed by atoms with E-state index in [0.29, 0.717) is 10.7 Å². The summed E-state index contributed by atoms with van der Waals surface area (Å²) < 4.78 is 0. The van der Waals surface area contributed by atoms with Crippen LogP contribution < -0.4 is 10.2 Å². The Hall–Kier alpha value is -2.33. The van der Waals surface area contributed by atoms with Gasteiger partial charge in [-0.1, -0.05) is 41.4 Å². The van der Waals surface area contributed by atoms with Gasteiger partial charge in [-0.2, -0.15) is 0 Å². The molecule has 2 rings (SSSR count). The van der Waals surface area contributed by atoms with Crippen molar-refractivity contribution in [3.63, 3.8) is 0 Å². The van der Waals surface area contributed by atoms with Crippen molar-refractivity contribution < 1.29 is 9.59 Å². The smallest absolute Gasteiger partial charge is 0.244 e. The molecule has 0 spiro atoms. The highest BCUT2D eigenvalue weighted by molar-refractivity contribution is 6.33. The number of nitrogens with zero attached hydrogens (tertiary/aromatic N) is 1. The lowest BCUT2D eigenvalue weighted by atomic mass is 10.1. The van der Waals surface area contributed by atoms with Crippen LogP contribution in [0.5, 0.6) is 0 Å². The first-order valence-electron chi connectivity index (χ1n) is 7.28. The van der Waals surface area contributed by atoms with Crippen molar-refractivity contribution in [2.24, 2.45) is 0 Å². The van der Waals surface area contributed by atoms with Gasteiger partial charge in [0.05, 0.1) is 10.7 Å². The van der Waals surface area contributed by atoms with Crippen LogP contribution >= 0.6 is 11.6 Å². The van der Waals surface area contributed by atoms with E-state index in [2.05, 4.69) is 5.32 Å². The number of rotatable bonds is 4. The number of hydrogen-bond acceptors (Lipinski definition) is 2. The molecule has 0 saturated carbocycles. The predicted octanol–water partition coefficient (Wildman–Crippen LogP) is 3.95. The molecule has 5 heteroatoms. The second-order valence-corrected chi connectivity index (χ2v) is 5.83. The monoisotopic (exact) mass is 330 g/mol. The second kappa shape index (κ2) is 7.29. The quantitative estimate of drug-likeness (QED) is 0.922. The third-order valence-electron chi connectivity index (χ3n) is 3.48. The van der Waals surface area contributed by atoms with Gasteiger partial charge in [0.2, 0.25) is 11.8 Å². The average Bonchev–Trinajstić information content (AvgIpc) is 2.48. The van der Waals surface area contributed by atoms with Gasteiger partial charge in [-0.3, -0.25) is 9.59 Å². The van der Waals surface area contributed by atoms with Gasteiger partial charge in [0, 0.05) is 12.6 Å². The minimum Gasteiger partial charge on any atom is -0.324 e. The molecule has 0 aliphatic rings. The van der Waals surface area contributed by atoms with Crippen LogP contribution in [0.15, 0.2) is 42.5 Å². The summed E-state index contributed by atoms with van der Waals surface area (Å²) in [4.78, 5) is 25.5. The number of carbonyl (C=O) groups excluding carboxylic acids is 2. The second-order valence-electron chi connectivity index (χ2n) is 5.42.